The Morgan fingerprint density at radius 1 is 1.42 bits per heavy atom. The van der Waals surface area contributed by atoms with Crippen molar-refractivity contribution in [2.24, 2.45) is 10.9 Å². The van der Waals surface area contributed by atoms with Crippen molar-refractivity contribution in [2.45, 2.75) is 55.7 Å². The lowest BCUT2D eigenvalue weighted by molar-refractivity contribution is -0.190. The highest BCUT2D eigenvalue weighted by molar-refractivity contribution is 8.14. The SMILES string of the molecule is CCN=C1N[C@@H]2[C@@H](O)[C@H](O)[C@@H](C(O)C3CC3)O[C@@H]2S1. The third-order valence-corrected chi connectivity index (χ3v) is 5.01. The van der Waals surface area contributed by atoms with E-state index in [1.807, 2.05) is 6.92 Å². The van der Waals surface area contributed by atoms with Crippen LogP contribution in [0.4, 0.5) is 0 Å². The standard InChI is InChI=1S/C12H20N2O4S/c1-2-13-12-14-6-8(16)9(17)10(18-11(6)19-12)7(15)5-3-4-5/h5-11,15-17H,2-4H2,1H3,(H,13,14)/t6-,7?,8-,9+,10-,11-/m1/s1. The topological polar surface area (TPSA) is 94.3 Å². The first-order chi connectivity index (χ1) is 9.11. The molecule has 1 saturated carbocycles. The Hall–Kier alpha value is -0.340. The maximum atomic E-state index is 10.2. The number of rotatable bonds is 3. The minimum absolute atomic E-state index is 0.201. The lowest BCUT2D eigenvalue weighted by atomic mass is 9.93. The Morgan fingerprint density at radius 3 is 2.79 bits per heavy atom. The smallest absolute Gasteiger partial charge is 0.159 e. The molecule has 2 heterocycles. The molecule has 6 nitrogen and oxygen atoms in total. The van der Waals surface area contributed by atoms with Gasteiger partial charge in [0.25, 0.3) is 0 Å². The second-order valence-corrected chi connectivity index (χ2v) is 6.43. The van der Waals surface area contributed by atoms with Crippen molar-refractivity contribution >= 4 is 16.9 Å². The van der Waals surface area contributed by atoms with Crippen LogP contribution in [0.15, 0.2) is 4.99 Å². The van der Waals surface area contributed by atoms with Crippen molar-refractivity contribution in [3.05, 3.63) is 0 Å². The summed E-state index contributed by atoms with van der Waals surface area (Å²) < 4.78 is 5.79. The zero-order valence-corrected chi connectivity index (χ0v) is 11.6. The summed E-state index contributed by atoms with van der Waals surface area (Å²) in [6.07, 6.45) is -1.49. The third kappa shape index (κ3) is 2.50. The fourth-order valence-electron chi connectivity index (χ4n) is 2.64. The molecule has 4 N–H and O–H groups in total. The van der Waals surface area contributed by atoms with Gasteiger partial charge in [-0.3, -0.25) is 4.99 Å². The summed E-state index contributed by atoms with van der Waals surface area (Å²) >= 11 is 1.41. The highest BCUT2D eigenvalue weighted by Crippen LogP contribution is 2.40. The molecular formula is C12H20N2O4S. The molecule has 3 fully saturated rings. The Balaban J connectivity index is 1.73. The molecule has 0 spiro atoms. The van der Waals surface area contributed by atoms with Crippen LogP contribution in [0.25, 0.3) is 0 Å². The molecule has 2 saturated heterocycles. The van der Waals surface area contributed by atoms with Gasteiger partial charge in [0, 0.05) is 6.54 Å². The van der Waals surface area contributed by atoms with Crippen LogP contribution < -0.4 is 5.32 Å². The summed E-state index contributed by atoms with van der Waals surface area (Å²) in [7, 11) is 0. The number of fused-ring (bicyclic) bond motifs is 1. The highest BCUT2D eigenvalue weighted by Gasteiger charge is 2.52. The van der Waals surface area contributed by atoms with E-state index in [2.05, 4.69) is 10.3 Å². The van der Waals surface area contributed by atoms with E-state index < -0.39 is 24.4 Å². The molecule has 2 aliphatic heterocycles. The number of hydrogen-bond acceptors (Lipinski definition) is 6. The van der Waals surface area contributed by atoms with Crippen LogP contribution in [0, 0.1) is 5.92 Å². The quantitative estimate of drug-likeness (QED) is 0.548. The van der Waals surface area contributed by atoms with Crippen LogP contribution in [0.1, 0.15) is 19.8 Å². The van der Waals surface area contributed by atoms with E-state index in [9.17, 15) is 15.3 Å². The van der Waals surface area contributed by atoms with E-state index in [4.69, 9.17) is 4.74 Å². The van der Waals surface area contributed by atoms with Crippen LogP contribution in [-0.4, -0.2) is 62.9 Å². The van der Waals surface area contributed by atoms with Gasteiger partial charge in [0.1, 0.15) is 23.7 Å². The third-order valence-electron chi connectivity index (χ3n) is 3.90. The Labute approximate surface area is 116 Å². The van der Waals surface area contributed by atoms with Crippen molar-refractivity contribution in [1.82, 2.24) is 5.32 Å². The van der Waals surface area contributed by atoms with Gasteiger partial charge in [-0.05, 0) is 25.7 Å². The maximum Gasteiger partial charge on any atom is 0.159 e. The van der Waals surface area contributed by atoms with Crippen LogP contribution in [0.2, 0.25) is 0 Å². The van der Waals surface area contributed by atoms with E-state index in [1.165, 1.54) is 11.8 Å². The predicted octanol–water partition coefficient (Wildman–Crippen LogP) is -0.715. The van der Waals surface area contributed by atoms with Gasteiger partial charge in [0.2, 0.25) is 0 Å². The lowest BCUT2D eigenvalue weighted by Gasteiger charge is -2.40. The summed E-state index contributed by atoms with van der Waals surface area (Å²) in [5.41, 5.74) is -0.304. The number of ether oxygens (including phenoxy) is 1. The Kier molecular flexibility index (Phi) is 3.74. The van der Waals surface area contributed by atoms with Crippen molar-refractivity contribution in [2.75, 3.05) is 6.54 Å². The molecule has 0 aromatic carbocycles. The van der Waals surface area contributed by atoms with Gasteiger partial charge in [-0.25, -0.2) is 0 Å². The van der Waals surface area contributed by atoms with E-state index >= 15 is 0 Å². The molecule has 0 aromatic rings. The minimum Gasteiger partial charge on any atom is -0.390 e. The van der Waals surface area contributed by atoms with E-state index in [0.29, 0.717) is 6.54 Å². The monoisotopic (exact) mass is 288 g/mol. The van der Waals surface area contributed by atoms with Crippen LogP contribution in [0.5, 0.6) is 0 Å². The summed E-state index contributed by atoms with van der Waals surface area (Å²) in [6, 6.07) is -0.368. The summed E-state index contributed by atoms with van der Waals surface area (Å²) in [5, 5.41) is 34.2. The first-order valence-corrected chi connectivity index (χ1v) is 7.67. The van der Waals surface area contributed by atoms with Gasteiger partial charge in [-0.15, -0.1) is 0 Å². The van der Waals surface area contributed by atoms with Gasteiger partial charge in [0.15, 0.2) is 5.17 Å². The minimum atomic E-state index is -1.06. The average molecular weight is 288 g/mol. The second kappa shape index (κ2) is 5.21. The number of amidine groups is 1. The van der Waals surface area contributed by atoms with Gasteiger partial charge in [-0.1, -0.05) is 11.8 Å². The maximum absolute atomic E-state index is 10.2. The summed E-state index contributed by atoms with van der Waals surface area (Å²) in [4.78, 5) is 4.26. The predicted molar refractivity (Wildman–Crippen MR) is 71.9 cm³/mol. The van der Waals surface area contributed by atoms with Gasteiger partial charge in [-0.2, -0.15) is 0 Å². The van der Waals surface area contributed by atoms with Gasteiger partial charge >= 0.3 is 0 Å². The highest BCUT2D eigenvalue weighted by atomic mass is 32.2. The molecule has 1 unspecified atom stereocenters. The van der Waals surface area contributed by atoms with Crippen molar-refractivity contribution in [3.63, 3.8) is 0 Å². The molecule has 7 heteroatoms. The molecule has 1 aliphatic carbocycles. The normalized spacial score (nSPS) is 45.9. The number of aliphatic hydroxyl groups is 3. The van der Waals surface area contributed by atoms with E-state index in [0.717, 1.165) is 18.0 Å². The second-order valence-electron chi connectivity index (χ2n) is 5.35. The molecule has 3 aliphatic rings. The average Bonchev–Trinajstić information content (AvgIpc) is 3.15. The number of nitrogens with one attached hydrogen (secondary N) is 1. The fraction of sp³-hybridized carbons (Fsp3) is 0.917. The fourth-order valence-corrected chi connectivity index (χ4v) is 3.83. The van der Waals surface area contributed by atoms with Crippen molar-refractivity contribution in [3.8, 4) is 0 Å². The summed E-state index contributed by atoms with van der Waals surface area (Å²) in [5.74, 6) is 0.201. The van der Waals surface area contributed by atoms with E-state index in [1.54, 1.807) is 0 Å². The number of aliphatic hydroxyl groups excluding tert-OH is 3. The van der Waals surface area contributed by atoms with Crippen LogP contribution in [0.3, 0.4) is 0 Å². The molecule has 6 atom stereocenters. The van der Waals surface area contributed by atoms with E-state index in [-0.39, 0.29) is 17.4 Å². The zero-order valence-electron chi connectivity index (χ0n) is 10.8. The van der Waals surface area contributed by atoms with Crippen molar-refractivity contribution < 1.29 is 20.1 Å². The number of thioether (sulfide) groups is 1. The largest absolute Gasteiger partial charge is 0.390 e. The zero-order chi connectivity index (χ0) is 13.6. The number of aliphatic imine (C=N–C) groups is 1. The molecular weight excluding hydrogens is 268 g/mol. The Morgan fingerprint density at radius 2 is 2.16 bits per heavy atom. The molecule has 108 valence electrons. The van der Waals surface area contributed by atoms with Crippen LogP contribution in [-0.2, 0) is 4.74 Å². The molecule has 0 amide bonds. The number of hydrogen-bond donors (Lipinski definition) is 4. The molecule has 3 rings (SSSR count). The van der Waals surface area contributed by atoms with Crippen LogP contribution >= 0.6 is 11.8 Å². The van der Waals surface area contributed by atoms with Gasteiger partial charge < -0.3 is 25.4 Å². The Bertz CT molecular complexity index is 377. The molecule has 0 radical (unpaired) electrons. The lowest BCUT2D eigenvalue weighted by Crippen LogP contribution is -2.61. The summed E-state index contributed by atoms with van der Waals surface area (Å²) in [6.45, 7) is 2.59. The first-order valence-electron chi connectivity index (χ1n) is 6.79. The molecule has 19 heavy (non-hydrogen) atoms. The van der Waals surface area contributed by atoms with Crippen molar-refractivity contribution in [1.29, 1.82) is 0 Å². The molecule has 0 bridgehead atoms. The molecule has 0 aromatic heterocycles. The first kappa shape index (κ1) is 13.6. The van der Waals surface area contributed by atoms with Gasteiger partial charge in [0.05, 0.1) is 12.1 Å². The number of nitrogens with zero attached hydrogens (tertiary/aromatic N) is 1.